The van der Waals surface area contributed by atoms with Crippen LogP contribution < -0.4 is 15.0 Å². The van der Waals surface area contributed by atoms with Gasteiger partial charge in [-0.1, -0.05) is 41.9 Å². The van der Waals surface area contributed by atoms with E-state index in [9.17, 15) is 4.79 Å². The quantitative estimate of drug-likeness (QED) is 0.596. The number of amides is 1. The minimum atomic E-state index is -0.140. The Bertz CT molecular complexity index is 1030. The number of benzene rings is 3. The van der Waals surface area contributed by atoms with Crippen LogP contribution in [0.15, 0.2) is 72.8 Å². The zero-order chi connectivity index (χ0) is 21.6. The fourth-order valence-corrected chi connectivity index (χ4v) is 4.02. The van der Waals surface area contributed by atoms with Gasteiger partial charge in [-0.2, -0.15) is 0 Å². The average molecular weight is 436 g/mol. The molecule has 0 aromatic heterocycles. The Morgan fingerprint density at radius 2 is 1.71 bits per heavy atom. The van der Waals surface area contributed by atoms with Gasteiger partial charge in [0.15, 0.2) is 0 Å². The molecule has 1 heterocycles. The van der Waals surface area contributed by atoms with Crippen LogP contribution in [0.4, 0.5) is 11.4 Å². The SMILES string of the molecule is COc1ccccc1N1CCN(Cc2ccc(C(=O)Nc3cccc(Cl)c3)cc2)CC1. The standard InChI is InChI=1S/C25H26ClN3O2/c1-31-24-8-3-2-7-23(24)29-15-13-28(14-16-29)18-19-9-11-20(12-10-19)25(30)27-22-6-4-5-21(26)17-22/h2-12,17H,13-16,18H2,1H3,(H,27,30). The van der Waals surface area contributed by atoms with Crippen LogP contribution in [0.25, 0.3) is 0 Å². The molecule has 0 radical (unpaired) electrons. The summed E-state index contributed by atoms with van der Waals surface area (Å²) >= 11 is 5.98. The van der Waals surface area contributed by atoms with Gasteiger partial charge in [-0.15, -0.1) is 0 Å². The molecule has 1 amide bonds. The van der Waals surface area contributed by atoms with Crippen molar-refractivity contribution in [1.29, 1.82) is 0 Å². The number of nitrogens with one attached hydrogen (secondary N) is 1. The number of hydrogen-bond acceptors (Lipinski definition) is 4. The highest BCUT2D eigenvalue weighted by Gasteiger charge is 2.19. The fraction of sp³-hybridized carbons (Fsp3) is 0.240. The molecule has 160 valence electrons. The van der Waals surface area contributed by atoms with E-state index in [-0.39, 0.29) is 5.91 Å². The van der Waals surface area contributed by atoms with Crippen molar-refractivity contribution in [3.8, 4) is 5.75 Å². The van der Waals surface area contributed by atoms with Crippen molar-refractivity contribution >= 4 is 28.9 Å². The minimum Gasteiger partial charge on any atom is -0.495 e. The van der Waals surface area contributed by atoms with E-state index in [4.69, 9.17) is 16.3 Å². The number of hydrogen-bond donors (Lipinski definition) is 1. The number of rotatable bonds is 6. The molecule has 0 saturated carbocycles. The second kappa shape index (κ2) is 9.86. The molecule has 1 fully saturated rings. The number of methoxy groups -OCH3 is 1. The van der Waals surface area contributed by atoms with Crippen molar-refractivity contribution in [3.05, 3.63) is 88.9 Å². The lowest BCUT2D eigenvalue weighted by molar-refractivity contribution is 0.102. The van der Waals surface area contributed by atoms with Gasteiger partial charge in [0.05, 0.1) is 12.8 Å². The normalized spacial score (nSPS) is 14.3. The van der Waals surface area contributed by atoms with Crippen LogP contribution in [0.3, 0.4) is 0 Å². The molecule has 1 saturated heterocycles. The summed E-state index contributed by atoms with van der Waals surface area (Å²) in [5.41, 5.74) is 3.67. The summed E-state index contributed by atoms with van der Waals surface area (Å²) in [6, 6.07) is 23.1. The average Bonchev–Trinajstić information content (AvgIpc) is 2.80. The molecular weight excluding hydrogens is 410 g/mol. The first-order valence-corrected chi connectivity index (χ1v) is 10.8. The fourth-order valence-electron chi connectivity index (χ4n) is 3.83. The van der Waals surface area contributed by atoms with Gasteiger partial charge in [0.2, 0.25) is 0 Å². The first-order valence-electron chi connectivity index (χ1n) is 10.4. The third-order valence-electron chi connectivity index (χ3n) is 5.50. The molecule has 0 atom stereocenters. The molecule has 0 unspecified atom stereocenters. The van der Waals surface area contributed by atoms with Gasteiger partial charge in [0, 0.05) is 49.0 Å². The molecule has 6 heteroatoms. The summed E-state index contributed by atoms with van der Waals surface area (Å²) in [4.78, 5) is 17.3. The highest BCUT2D eigenvalue weighted by Crippen LogP contribution is 2.28. The minimum absolute atomic E-state index is 0.140. The lowest BCUT2D eigenvalue weighted by Gasteiger charge is -2.36. The van der Waals surface area contributed by atoms with E-state index in [0.29, 0.717) is 16.3 Å². The number of anilines is 2. The number of ether oxygens (including phenoxy) is 1. The summed E-state index contributed by atoms with van der Waals surface area (Å²) in [5, 5.41) is 3.48. The molecule has 4 rings (SSSR count). The van der Waals surface area contributed by atoms with Crippen molar-refractivity contribution in [2.45, 2.75) is 6.54 Å². The van der Waals surface area contributed by atoms with Crippen LogP contribution in [-0.2, 0) is 6.54 Å². The van der Waals surface area contributed by atoms with E-state index >= 15 is 0 Å². The zero-order valence-electron chi connectivity index (χ0n) is 17.6. The van der Waals surface area contributed by atoms with Gasteiger partial charge < -0.3 is 15.0 Å². The molecule has 31 heavy (non-hydrogen) atoms. The number of piperazine rings is 1. The lowest BCUT2D eigenvalue weighted by atomic mass is 10.1. The summed E-state index contributed by atoms with van der Waals surface area (Å²) in [6.45, 7) is 4.75. The van der Waals surface area contributed by atoms with Crippen LogP contribution >= 0.6 is 11.6 Å². The molecule has 0 spiro atoms. The number of carbonyl (C=O) groups excluding carboxylic acids is 1. The molecule has 3 aromatic carbocycles. The van der Waals surface area contributed by atoms with E-state index in [2.05, 4.69) is 21.2 Å². The number of para-hydroxylation sites is 2. The van der Waals surface area contributed by atoms with E-state index < -0.39 is 0 Å². The largest absolute Gasteiger partial charge is 0.495 e. The topological polar surface area (TPSA) is 44.8 Å². The number of nitrogens with zero attached hydrogens (tertiary/aromatic N) is 2. The van der Waals surface area contributed by atoms with Crippen molar-refractivity contribution in [1.82, 2.24) is 4.90 Å². The van der Waals surface area contributed by atoms with Crippen LogP contribution in [0.2, 0.25) is 5.02 Å². The van der Waals surface area contributed by atoms with Crippen LogP contribution in [0.5, 0.6) is 5.75 Å². The van der Waals surface area contributed by atoms with Gasteiger partial charge >= 0.3 is 0 Å². The summed E-state index contributed by atoms with van der Waals surface area (Å²) in [5.74, 6) is 0.779. The molecule has 1 aliphatic heterocycles. The molecule has 1 aliphatic rings. The van der Waals surface area contributed by atoms with Gasteiger partial charge in [-0.25, -0.2) is 0 Å². The Labute approximate surface area is 188 Å². The summed E-state index contributed by atoms with van der Waals surface area (Å²) in [7, 11) is 1.72. The zero-order valence-corrected chi connectivity index (χ0v) is 18.3. The predicted octanol–water partition coefficient (Wildman–Crippen LogP) is 4.92. The van der Waals surface area contributed by atoms with Crippen molar-refractivity contribution < 1.29 is 9.53 Å². The second-order valence-electron chi connectivity index (χ2n) is 7.60. The molecule has 5 nitrogen and oxygen atoms in total. The van der Waals surface area contributed by atoms with Crippen molar-refractivity contribution in [2.75, 3.05) is 43.5 Å². The van der Waals surface area contributed by atoms with E-state index in [0.717, 1.165) is 44.2 Å². The maximum atomic E-state index is 12.5. The van der Waals surface area contributed by atoms with E-state index in [1.54, 1.807) is 19.2 Å². The van der Waals surface area contributed by atoms with Gasteiger partial charge in [-0.3, -0.25) is 9.69 Å². The summed E-state index contributed by atoms with van der Waals surface area (Å²) in [6.07, 6.45) is 0. The van der Waals surface area contributed by atoms with E-state index in [1.807, 2.05) is 54.6 Å². The Balaban J connectivity index is 1.31. The predicted molar refractivity (Wildman–Crippen MR) is 126 cm³/mol. The maximum Gasteiger partial charge on any atom is 0.255 e. The molecule has 0 bridgehead atoms. The first kappa shape index (κ1) is 21.2. The molecular formula is C25H26ClN3O2. The lowest BCUT2D eigenvalue weighted by Crippen LogP contribution is -2.46. The number of carbonyl (C=O) groups is 1. The molecule has 1 N–H and O–H groups in total. The molecule has 0 aliphatic carbocycles. The smallest absolute Gasteiger partial charge is 0.255 e. The van der Waals surface area contributed by atoms with Crippen LogP contribution in [0, 0.1) is 0 Å². The van der Waals surface area contributed by atoms with Crippen molar-refractivity contribution in [3.63, 3.8) is 0 Å². The Morgan fingerprint density at radius 3 is 2.42 bits per heavy atom. The second-order valence-corrected chi connectivity index (χ2v) is 8.03. The third kappa shape index (κ3) is 5.37. The number of halogens is 1. The first-order chi connectivity index (χ1) is 15.1. The van der Waals surface area contributed by atoms with Crippen LogP contribution in [-0.4, -0.2) is 44.1 Å². The highest BCUT2D eigenvalue weighted by atomic mass is 35.5. The van der Waals surface area contributed by atoms with Gasteiger partial charge in [-0.05, 0) is 48.0 Å². The Morgan fingerprint density at radius 1 is 0.968 bits per heavy atom. The van der Waals surface area contributed by atoms with E-state index in [1.165, 1.54) is 5.56 Å². The Kier molecular flexibility index (Phi) is 6.75. The van der Waals surface area contributed by atoms with Crippen LogP contribution in [0.1, 0.15) is 15.9 Å². The van der Waals surface area contributed by atoms with Gasteiger partial charge in [0.25, 0.3) is 5.91 Å². The highest BCUT2D eigenvalue weighted by molar-refractivity contribution is 6.30. The molecule has 3 aromatic rings. The maximum absolute atomic E-state index is 12.5. The monoisotopic (exact) mass is 435 g/mol. The van der Waals surface area contributed by atoms with Gasteiger partial charge in [0.1, 0.15) is 5.75 Å². The summed E-state index contributed by atoms with van der Waals surface area (Å²) < 4.78 is 5.50. The van der Waals surface area contributed by atoms with Crippen molar-refractivity contribution in [2.24, 2.45) is 0 Å². The third-order valence-corrected chi connectivity index (χ3v) is 5.74. The Hall–Kier alpha value is -3.02.